The number of nitrogens with zero attached hydrogens (tertiary/aromatic N) is 1. The molecule has 0 aliphatic carbocycles. The first-order valence-corrected chi connectivity index (χ1v) is 11.7. The summed E-state index contributed by atoms with van der Waals surface area (Å²) >= 11 is 7.57. The number of hydrogen-bond donors (Lipinski definition) is 1. The van der Waals surface area contributed by atoms with E-state index < -0.39 is 6.04 Å². The summed E-state index contributed by atoms with van der Waals surface area (Å²) in [4.78, 5) is 27.4. The van der Waals surface area contributed by atoms with Crippen LogP contribution in [0.25, 0.3) is 0 Å². The van der Waals surface area contributed by atoms with Crippen molar-refractivity contribution < 1.29 is 9.59 Å². The number of benzene rings is 2. The van der Waals surface area contributed by atoms with Crippen LogP contribution in [0.3, 0.4) is 0 Å². The van der Waals surface area contributed by atoms with E-state index >= 15 is 0 Å². The number of nitrogens with one attached hydrogen (secondary N) is 1. The number of carbonyl (C=O) groups is 2. The normalized spacial score (nSPS) is 11.9. The fraction of sp³-hybridized carbons (Fsp3) is 0.417. The van der Waals surface area contributed by atoms with Crippen molar-refractivity contribution in [2.75, 3.05) is 12.3 Å². The standard InChI is InChI=1S/C24H31ClN2O2S/c1-17(2)13-26-24(29)19(4)27(14-20-10-8-18(3)9-11-20)23(28)16-30-15-21-6-5-7-22(25)12-21/h5-12,17,19H,13-16H2,1-4H3,(H,26,29)/t19-/m0/s1. The van der Waals surface area contributed by atoms with E-state index in [0.717, 1.165) is 16.7 Å². The maximum Gasteiger partial charge on any atom is 0.242 e. The molecule has 162 valence electrons. The maximum atomic E-state index is 13.1. The van der Waals surface area contributed by atoms with Gasteiger partial charge in [0.15, 0.2) is 0 Å². The van der Waals surface area contributed by atoms with Crippen molar-refractivity contribution in [1.29, 1.82) is 0 Å². The number of amides is 2. The second kappa shape index (κ2) is 12.0. The van der Waals surface area contributed by atoms with E-state index in [0.29, 0.717) is 35.5 Å². The van der Waals surface area contributed by atoms with E-state index in [9.17, 15) is 9.59 Å². The first-order valence-electron chi connectivity index (χ1n) is 10.2. The zero-order valence-electron chi connectivity index (χ0n) is 18.2. The lowest BCUT2D eigenvalue weighted by Crippen LogP contribution is -2.48. The van der Waals surface area contributed by atoms with Crippen molar-refractivity contribution in [3.05, 3.63) is 70.2 Å². The van der Waals surface area contributed by atoms with Gasteiger partial charge >= 0.3 is 0 Å². The van der Waals surface area contributed by atoms with Gasteiger partial charge in [-0.05, 0) is 43.0 Å². The molecule has 2 aromatic rings. The molecule has 0 saturated carbocycles. The lowest BCUT2D eigenvalue weighted by molar-refractivity contribution is -0.138. The van der Waals surface area contributed by atoms with E-state index in [2.05, 4.69) is 5.32 Å². The predicted molar refractivity (Wildman–Crippen MR) is 127 cm³/mol. The molecule has 1 atom stereocenters. The molecular weight excluding hydrogens is 416 g/mol. The zero-order chi connectivity index (χ0) is 22.1. The Labute approximate surface area is 189 Å². The van der Waals surface area contributed by atoms with Crippen molar-refractivity contribution in [2.45, 2.75) is 46.0 Å². The smallest absolute Gasteiger partial charge is 0.242 e. The summed E-state index contributed by atoms with van der Waals surface area (Å²) in [5, 5.41) is 3.64. The molecule has 2 amide bonds. The molecule has 0 aliphatic rings. The third-order valence-electron chi connectivity index (χ3n) is 4.71. The van der Waals surface area contributed by atoms with Gasteiger partial charge in [-0.15, -0.1) is 11.8 Å². The van der Waals surface area contributed by atoms with E-state index in [1.165, 1.54) is 11.8 Å². The molecular formula is C24H31ClN2O2S. The van der Waals surface area contributed by atoms with E-state index in [1.54, 1.807) is 11.8 Å². The van der Waals surface area contributed by atoms with Gasteiger partial charge in [0.2, 0.25) is 11.8 Å². The summed E-state index contributed by atoms with van der Waals surface area (Å²) in [6.45, 7) is 8.93. The fourth-order valence-electron chi connectivity index (χ4n) is 2.89. The van der Waals surface area contributed by atoms with Gasteiger partial charge in [-0.25, -0.2) is 0 Å². The van der Waals surface area contributed by atoms with E-state index in [4.69, 9.17) is 11.6 Å². The number of thioether (sulfide) groups is 1. The van der Waals surface area contributed by atoms with Crippen LogP contribution in [0.1, 0.15) is 37.5 Å². The van der Waals surface area contributed by atoms with Crippen LogP contribution in [0.2, 0.25) is 5.02 Å². The van der Waals surface area contributed by atoms with Crippen LogP contribution < -0.4 is 5.32 Å². The van der Waals surface area contributed by atoms with Gasteiger partial charge in [0, 0.05) is 23.9 Å². The highest BCUT2D eigenvalue weighted by Gasteiger charge is 2.26. The number of aryl methyl sites for hydroxylation is 1. The van der Waals surface area contributed by atoms with Gasteiger partial charge < -0.3 is 10.2 Å². The van der Waals surface area contributed by atoms with Crippen molar-refractivity contribution in [1.82, 2.24) is 10.2 Å². The van der Waals surface area contributed by atoms with E-state index in [1.807, 2.05) is 69.3 Å². The Balaban J connectivity index is 2.05. The van der Waals surface area contributed by atoms with Crippen LogP contribution in [-0.2, 0) is 21.9 Å². The minimum Gasteiger partial charge on any atom is -0.354 e. The average Bonchev–Trinajstić information content (AvgIpc) is 2.71. The molecule has 0 aliphatic heterocycles. The largest absolute Gasteiger partial charge is 0.354 e. The number of carbonyl (C=O) groups excluding carboxylic acids is 2. The number of rotatable bonds is 10. The lowest BCUT2D eigenvalue weighted by Gasteiger charge is -2.29. The first kappa shape index (κ1) is 24.3. The average molecular weight is 447 g/mol. The Morgan fingerprint density at radius 3 is 2.40 bits per heavy atom. The first-order chi connectivity index (χ1) is 14.3. The van der Waals surface area contributed by atoms with Crippen LogP contribution in [0.15, 0.2) is 48.5 Å². The molecule has 1 N–H and O–H groups in total. The molecule has 0 unspecified atom stereocenters. The predicted octanol–water partition coefficient (Wildman–Crippen LogP) is 5.07. The topological polar surface area (TPSA) is 49.4 Å². The summed E-state index contributed by atoms with van der Waals surface area (Å²) in [7, 11) is 0. The van der Waals surface area contributed by atoms with Crippen LogP contribution in [0.5, 0.6) is 0 Å². The molecule has 0 saturated heterocycles. The van der Waals surface area contributed by atoms with Crippen LogP contribution >= 0.6 is 23.4 Å². The Morgan fingerprint density at radius 2 is 1.77 bits per heavy atom. The molecule has 30 heavy (non-hydrogen) atoms. The van der Waals surface area contributed by atoms with Crippen molar-refractivity contribution in [3.63, 3.8) is 0 Å². The molecule has 6 heteroatoms. The van der Waals surface area contributed by atoms with Crippen LogP contribution in [0, 0.1) is 12.8 Å². The molecule has 0 radical (unpaired) electrons. The summed E-state index contributed by atoms with van der Waals surface area (Å²) in [6, 6.07) is 15.2. The highest BCUT2D eigenvalue weighted by atomic mass is 35.5. The molecule has 0 bridgehead atoms. The third kappa shape index (κ3) is 8.04. The van der Waals surface area contributed by atoms with Gasteiger partial charge in [0.25, 0.3) is 0 Å². The van der Waals surface area contributed by atoms with Crippen molar-refractivity contribution in [2.24, 2.45) is 5.92 Å². The van der Waals surface area contributed by atoms with Crippen molar-refractivity contribution >= 4 is 35.2 Å². The summed E-state index contributed by atoms with van der Waals surface area (Å²) in [5.74, 6) is 1.19. The van der Waals surface area contributed by atoms with Crippen molar-refractivity contribution in [3.8, 4) is 0 Å². The van der Waals surface area contributed by atoms with Gasteiger partial charge in [0.1, 0.15) is 6.04 Å². The summed E-state index contributed by atoms with van der Waals surface area (Å²) < 4.78 is 0. The van der Waals surface area contributed by atoms with Gasteiger partial charge in [-0.2, -0.15) is 0 Å². The molecule has 0 heterocycles. The fourth-order valence-corrected chi connectivity index (χ4v) is 3.96. The van der Waals surface area contributed by atoms with E-state index in [-0.39, 0.29) is 11.8 Å². The maximum absolute atomic E-state index is 13.1. The zero-order valence-corrected chi connectivity index (χ0v) is 19.7. The second-order valence-corrected chi connectivity index (χ2v) is 9.37. The molecule has 2 aromatic carbocycles. The van der Waals surface area contributed by atoms with Gasteiger partial charge in [0.05, 0.1) is 5.75 Å². The highest BCUT2D eigenvalue weighted by molar-refractivity contribution is 7.99. The minimum atomic E-state index is -0.538. The third-order valence-corrected chi connectivity index (χ3v) is 5.93. The monoisotopic (exact) mass is 446 g/mol. The van der Waals surface area contributed by atoms with Crippen LogP contribution in [0.4, 0.5) is 0 Å². The quantitative estimate of drug-likeness (QED) is 0.554. The van der Waals surface area contributed by atoms with Gasteiger partial charge in [-0.3, -0.25) is 9.59 Å². The molecule has 0 spiro atoms. The Bertz CT molecular complexity index is 839. The molecule has 0 fully saturated rings. The summed E-state index contributed by atoms with van der Waals surface area (Å²) in [6.07, 6.45) is 0. The number of hydrogen-bond acceptors (Lipinski definition) is 3. The Hall–Kier alpha value is -1.98. The molecule has 4 nitrogen and oxygen atoms in total. The van der Waals surface area contributed by atoms with Gasteiger partial charge in [-0.1, -0.05) is 67.4 Å². The summed E-state index contributed by atoms with van der Waals surface area (Å²) in [5.41, 5.74) is 3.25. The highest BCUT2D eigenvalue weighted by Crippen LogP contribution is 2.18. The number of halogens is 1. The van der Waals surface area contributed by atoms with Crippen LogP contribution in [-0.4, -0.2) is 35.1 Å². The lowest BCUT2D eigenvalue weighted by atomic mass is 10.1. The second-order valence-electron chi connectivity index (χ2n) is 7.94. The minimum absolute atomic E-state index is 0.0465. The Morgan fingerprint density at radius 1 is 1.07 bits per heavy atom. The SMILES string of the molecule is Cc1ccc(CN(C(=O)CSCc2cccc(Cl)c2)[C@@H](C)C(=O)NCC(C)C)cc1. The Kier molecular flexibility index (Phi) is 9.73. The molecule has 2 rings (SSSR count). The molecule has 0 aromatic heterocycles.